The van der Waals surface area contributed by atoms with Crippen LogP contribution in [0.2, 0.25) is 0 Å². The predicted molar refractivity (Wildman–Crippen MR) is 84.5 cm³/mol. The van der Waals surface area contributed by atoms with Gasteiger partial charge in [0.1, 0.15) is 11.3 Å². The second kappa shape index (κ2) is 5.52. The Hall–Kier alpha value is -2.43. The van der Waals surface area contributed by atoms with Gasteiger partial charge in [0, 0.05) is 18.9 Å². The lowest BCUT2D eigenvalue weighted by Crippen LogP contribution is -2.08. The number of hydrogen-bond donors (Lipinski definition) is 1. The molecule has 0 saturated carbocycles. The van der Waals surface area contributed by atoms with Crippen LogP contribution in [0.5, 0.6) is 0 Å². The molecule has 0 bridgehead atoms. The Labute approximate surface area is 124 Å². The summed E-state index contributed by atoms with van der Waals surface area (Å²) in [5, 5.41) is 3.38. The topological polar surface area (TPSA) is 55.1 Å². The third-order valence-electron chi connectivity index (χ3n) is 3.52. The van der Waals surface area contributed by atoms with Crippen molar-refractivity contribution in [3.63, 3.8) is 0 Å². The number of nitrogens with one attached hydrogen (secondary N) is 1. The monoisotopic (exact) mass is 281 g/mol. The quantitative estimate of drug-likeness (QED) is 0.797. The number of hydrogen-bond acceptors (Lipinski definition) is 4. The molecule has 0 spiro atoms. The lowest BCUT2D eigenvalue weighted by molar-refractivity contribution is 0.950. The summed E-state index contributed by atoms with van der Waals surface area (Å²) in [7, 11) is 0. The van der Waals surface area contributed by atoms with Gasteiger partial charge in [-0.1, -0.05) is 13.0 Å². The van der Waals surface area contributed by atoms with Crippen LogP contribution in [-0.4, -0.2) is 25.9 Å². The van der Waals surface area contributed by atoms with Crippen LogP contribution in [0.4, 0.5) is 5.82 Å². The Bertz CT molecular complexity index is 775. The Morgan fingerprint density at radius 1 is 1.14 bits per heavy atom. The third-order valence-corrected chi connectivity index (χ3v) is 3.52. The van der Waals surface area contributed by atoms with Crippen molar-refractivity contribution < 1.29 is 0 Å². The van der Waals surface area contributed by atoms with Crippen LogP contribution >= 0.6 is 0 Å². The molecule has 5 heteroatoms. The normalized spacial score (nSPS) is 11.0. The van der Waals surface area contributed by atoms with Gasteiger partial charge in [-0.3, -0.25) is 4.40 Å². The summed E-state index contributed by atoms with van der Waals surface area (Å²) in [6.07, 6.45) is 4.79. The summed E-state index contributed by atoms with van der Waals surface area (Å²) in [5.41, 5.74) is 4.68. The number of rotatable bonds is 4. The molecule has 3 heterocycles. The van der Waals surface area contributed by atoms with Crippen LogP contribution in [0.1, 0.15) is 24.7 Å². The first kappa shape index (κ1) is 13.5. The molecular formula is C16H19N5. The van der Waals surface area contributed by atoms with E-state index in [1.54, 1.807) is 6.20 Å². The Kier molecular flexibility index (Phi) is 3.56. The van der Waals surface area contributed by atoms with E-state index in [-0.39, 0.29) is 0 Å². The second-order valence-electron chi connectivity index (χ2n) is 5.08. The maximum Gasteiger partial charge on any atom is 0.154 e. The minimum absolute atomic E-state index is 0.834. The number of fused-ring (bicyclic) bond motifs is 1. The second-order valence-corrected chi connectivity index (χ2v) is 5.08. The zero-order valence-electron chi connectivity index (χ0n) is 12.6. The van der Waals surface area contributed by atoms with Gasteiger partial charge in [0.05, 0.1) is 17.1 Å². The van der Waals surface area contributed by atoms with E-state index < -0.39 is 0 Å². The van der Waals surface area contributed by atoms with Gasteiger partial charge in [0.25, 0.3) is 0 Å². The molecule has 21 heavy (non-hydrogen) atoms. The first-order chi connectivity index (χ1) is 10.2. The van der Waals surface area contributed by atoms with Crippen molar-refractivity contribution in [3.05, 3.63) is 42.0 Å². The van der Waals surface area contributed by atoms with E-state index in [1.807, 2.05) is 42.6 Å². The number of pyridine rings is 1. The lowest BCUT2D eigenvalue weighted by Gasteiger charge is -2.13. The zero-order chi connectivity index (χ0) is 14.8. The summed E-state index contributed by atoms with van der Waals surface area (Å²) in [6, 6.07) is 6.03. The van der Waals surface area contributed by atoms with E-state index in [2.05, 4.69) is 22.2 Å². The standard InChI is InChI=1S/C16H19N5/c1-4-8-18-16-15(19-11(2)12(3)20-16)13-6-5-7-14-17-9-10-21(13)14/h5-7,9-10H,4,8H2,1-3H3,(H,18,20). The minimum Gasteiger partial charge on any atom is -0.368 e. The highest BCUT2D eigenvalue weighted by atomic mass is 15.1. The smallest absolute Gasteiger partial charge is 0.154 e. The van der Waals surface area contributed by atoms with Crippen molar-refractivity contribution in [2.75, 3.05) is 11.9 Å². The Balaban J connectivity index is 2.20. The summed E-state index contributed by atoms with van der Waals surface area (Å²) >= 11 is 0. The lowest BCUT2D eigenvalue weighted by atomic mass is 10.2. The van der Waals surface area contributed by atoms with E-state index in [0.29, 0.717) is 0 Å². The van der Waals surface area contributed by atoms with Gasteiger partial charge < -0.3 is 5.32 Å². The van der Waals surface area contributed by atoms with Crippen molar-refractivity contribution in [1.82, 2.24) is 19.4 Å². The van der Waals surface area contributed by atoms with Crippen molar-refractivity contribution >= 4 is 11.5 Å². The molecule has 0 unspecified atom stereocenters. The molecule has 0 atom stereocenters. The fourth-order valence-corrected chi connectivity index (χ4v) is 2.29. The van der Waals surface area contributed by atoms with Crippen molar-refractivity contribution in [2.45, 2.75) is 27.2 Å². The van der Waals surface area contributed by atoms with E-state index in [1.165, 1.54) is 0 Å². The first-order valence-corrected chi connectivity index (χ1v) is 7.22. The molecule has 108 valence electrons. The van der Waals surface area contributed by atoms with Crippen LogP contribution < -0.4 is 5.32 Å². The molecule has 0 aromatic carbocycles. The van der Waals surface area contributed by atoms with Crippen LogP contribution in [0, 0.1) is 13.8 Å². The maximum atomic E-state index is 4.75. The van der Waals surface area contributed by atoms with Crippen molar-refractivity contribution in [2.24, 2.45) is 0 Å². The van der Waals surface area contributed by atoms with Gasteiger partial charge in [-0.15, -0.1) is 0 Å². The molecule has 0 aliphatic rings. The number of anilines is 1. The van der Waals surface area contributed by atoms with Gasteiger partial charge >= 0.3 is 0 Å². The van der Waals surface area contributed by atoms with E-state index in [0.717, 1.165) is 47.2 Å². The summed E-state index contributed by atoms with van der Waals surface area (Å²) < 4.78 is 2.04. The van der Waals surface area contributed by atoms with Crippen molar-refractivity contribution in [1.29, 1.82) is 0 Å². The largest absolute Gasteiger partial charge is 0.368 e. The average molecular weight is 281 g/mol. The van der Waals surface area contributed by atoms with E-state index in [4.69, 9.17) is 4.98 Å². The summed E-state index contributed by atoms with van der Waals surface area (Å²) in [4.78, 5) is 13.8. The minimum atomic E-state index is 0.834. The average Bonchev–Trinajstić information content (AvgIpc) is 2.96. The molecule has 1 N–H and O–H groups in total. The van der Waals surface area contributed by atoms with Gasteiger partial charge in [-0.05, 0) is 32.4 Å². The SMILES string of the molecule is CCCNc1nc(C)c(C)nc1-c1cccc2nccn12. The number of imidazole rings is 1. The summed E-state index contributed by atoms with van der Waals surface area (Å²) in [6.45, 7) is 6.99. The maximum absolute atomic E-state index is 4.75. The van der Waals surface area contributed by atoms with Crippen LogP contribution in [0.15, 0.2) is 30.6 Å². The zero-order valence-corrected chi connectivity index (χ0v) is 12.6. The molecule has 0 saturated heterocycles. The molecule has 3 aromatic heterocycles. The molecule has 3 rings (SSSR count). The first-order valence-electron chi connectivity index (χ1n) is 7.22. The van der Waals surface area contributed by atoms with Gasteiger partial charge in [-0.2, -0.15) is 0 Å². The van der Waals surface area contributed by atoms with Gasteiger partial charge in [-0.25, -0.2) is 15.0 Å². The molecule has 0 amide bonds. The third kappa shape index (κ3) is 2.46. The van der Waals surface area contributed by atoms with Gasteiger partial charge in [0.15, 0.2) is 5.82 Å². The highest BCUT2D eigenvalue weighted by Crippen LogP contribution is 2.26. The van der Waals surface area contributed by atoms with E-state index >= 15 is 0 Å². The molecule has 0 aliphatic carbocycles. The Morgan fingerprint density at radius 2 is 1.95 bits per heavy atom. The molecule has 0 fully saturated rings. The van der Waals surface area contributed by atoms with E-state index in [9.17, 15) is 0 Å². The predicted octanol–water partition coefficient (Wildman–Crippen LogP) is 3.23. The molecular weight excluding hydrogens is 262 g/mol. The van der Waals surface area contributed by atoms with Crippen LogP contribution in [-0.2, 0) is 0 Å². The highest BCUT2D eigenvalue weighted by Gasteiger charge is 2.13. The molecule has 3 aromatic rings. The molecule has 5 nitrogen and oxygen atoms in total. The fourth-order valence-electron chi connectivity index (χ4n) is 2.29. The Morgan fingerprint density at radius 3 is 2.76 bits per heavy atom. The number of aromatic nitrogens is 4. The number of aryl methyl sites for hydroxylation is 2. The molecule has 0 radical (unpaired) electrons. The van der Waals surface area contributed by atoms with Gasteiger partial charge in [0.2, 0.25) is 0 Å². The number of nitrogens with zero attached hydrogens (tertiary/aromatic N) is 4. The summed E-state index contributed by atoms with van der Waals surface area (Å²) in [5.74, 6) is 0.834. The molecule has 0 aliphatic heterocycles. The fraction of sp³-hybridized carbons (Fsp3) is 0.312. The van der Waals surface area contributed by atoms with Crippen molar-refractivity contribution in [3.8, 4) is 11.4 Å². The highest BCUT2D eigenvalue weighted by molar-refractivity contribution is 5.71. The van der Waals surface area contributed by atoms with Crippen LogP contribution in [0.25, 0.3) is 17.0 Å². The van der Waals surface area contributed by atoms with Crippen LogP contribution in [0.3, 0.4) is 0 Å².